The molecule has 1 heterocycles. The van der Waals surface area contributed by atoms with Crippen LogP contribution in [-0.2, 0) is 4.79 Å². The number of ether oxygens (including phenoxy) is 1. The number of unbranched alkanes of at least 4 members (excludes halogenated alkanes) is 2. The Balaban J connectivity index is 0.00000341. The number of carbonyl (C=O) groups excluding carboxylic acids is 2. The van der Waals surface area contributed by atoms with Gasteiger partial charge in [0.2, 0.25) is 5.91 Å². The zero-order valence-corrected chi connectivity index (χ0v) is 18.9. The molecule has 2 aromatic rings. The van der Waals surface area contributed by atoms with E-state index >= 15 is 0 Å². The van der Waals surface area contributed by atoms with Gasteiger partial charge in [-0.1, -0.05) is 30.3 Å². The largest absolute Gasteiger partial charge is 0.491 e. The maximum absolute atomic E-state index is 12.4. The number of para-hydroxylation sites is 2. The Morgan fingerprint density at radius 1 is 0.903 bits per heavy atom. The minimum atomic E-state index is -0.158. The number of hydrogen-bond donors (Lipinski definition) is 1. The number of carbonyl (C=O) groups is 2. The lowest BCUT2D eigenvalue weighted by Crippen LogP contribution is -2.47. The summed E-state index contributed by atoms with van der Waals surface area (Å²) in [5.74, 6) is 0.766. The number of benzene rings is 2. The van der Waals surface area contributed by atoms with Crippen LogP contribution in [0.4, 0.5) is 5.69 Å². The first-order chi connectivity index (χ1) is 14.6. The van der Waals surface area contributed by atoms with Gasteiger partial charge in [-0.05, 0) is 50.6 Å². The first-order valence-electron chi connectivity index (χ1n) is 10.7. The minimum Gasteiger partial charge on any atom is -0.491 e. The second kappa shape index (κ2) is 13.0. The van der Waals surface area contributed by atoms with Crippen LogP contribution in [-0.4, -0.2) is 61.4 Å². The lowest BCUT2D eigenvalue weighted by molar-refractivity contribution is -0.132. The summed E-state index contributed by atoms with van der Waals surface area (Å²) in [6, 6.07) is 16.6. The summed E-state index contributed by atoms with van der Waals surface area (Å²) in [6.45, 7) is 4.15. The molecule has 3 rings (SSSR count). The molecule has 0 atom stereocenters. The van der Waals surface area contributed by atoms with Gasteiger partial charge in [0.1, 0.15) is 5.75 Å². The number of nitrogens with one attached hydrogen (secondary N) is 1. The first-order valence-corrected chi connectivity index (χ1v) is 10.7. The zero-order chi connectivity index (χ0) is 21.2. The van der Waals surface area contributed by atoms with E-state index in [9.17, 15) is 9.59 Å². The van der Waals surface area contributed by atoms with Crippen molar-refractivity contribution in [3.05, 3.63) is 60.2 Å². The highest BCUT2D eigenvalue weighted by Gasteiger charge is 2.18. The summed E-state index contributed by atoms with van der Waals surface area (Å²) < 4.78 is 5.89. The molecule has 1 aliphatic heterocycles. The van der Waals surface area contributed by atoms with Crippen LogP contribution < -0.4 is 10.1 Å². The van der Waals surface area contributed by atoms with Crippen LogP contribution in [0.25, 0.3) is 0 Å². The normalized spacial score (nSPS) is 13.9. The number of hydrogen-bond acceptors (Lipinski definition) is 4. The Kier molecular flexibility index (Phi) is 10.3. The summed E-state index contributed by atoms with van der Waals surface area (Å²) >= 11 is 0. The molecule has 0 spiro atoms. The summed E-state index contributed by atoms with van der Waals surface area (Å²) in [4.78, 5) is 28.9. The molecule has 6 nitrogen and oxygen atoms in total. The van der Waals surface area contributed by atoms with Crippen molar-refractivity contribution in [2.45, 2.75) is 25.7 Å². The van der Waals surface area contributed by atoms with Crippen LogP contribution in [0.2, 0.25) is 0 Å². The maximum atomic E-state index is 12.4. The third-order valence-corrected chi connectivity index (χ3v) is 5.32. The van der Waals surface area contributed by atoms with E-state index in [1.165, 1.54) is 0 Å². The second-order valence-electron chi connectivity index (χ2n) is 7.66. The van der Waals surface area contributed by atoms with Crippen LogP contribution >= 0.6 is 12.4 Å². The fraction of sp³-hybridized carbons (Fsp3) is 0.417. The molecule has 2 aromatic carbocycles. The number of halogens is 1. The number of amides is 2. The van der Waals surface area contributed by atoms with E-state index in [-0.39, 0.29) is 24.2 Å². The van der Waals surface area contributed by atoms with Crippen molar-refractivity contribution in [2.24, 2.45) is 0 Å². The maximum Gasteiger partial charge on any atom is 0.255 e. The molecule has 0 unspecified atom stereocenters. The Morgan fingerprint density at radius 2 is 1.58 bits per heavy atom. The number of likely N-dealkylation sites (N-methyl/N-ethyl adjacent to an activating group) is 1. The fourth-order valence-corrected chi connectivity index (χ4v) is 3.43. The predicted molar refractivity (Wildman–Crippen MR) is 126 cm³/mol. The molecule has 0 aromatic heterocycles. The van der Waals surface area contributed by atoms with Gasteiger partial charge in [-0.15, -0.1) is 12.4 Å². The molecule has 1 fully saturated rings. The van der Waals surface area contributed by atoms with Crippen molar-refractivity contribution >= 4 is 29.9 Å². The van der Waals surface area contributed by atoms with E-state index in [2.05, 4.69) is 17.3 Å². The topological polar surface area (TPSA) is 61.9 Å². The minimum absolute atomic E-state index is 0. The molecule has 7 heteroatoms. The van der Waals surface area contributed by atoms with Gasteiger partial charge in [-0.25, -0.2) is 0 Å². The van der Waals surface area contributed by atoms with Crippen molar-refractivity contribution < 1.29 is 14.3 Å². The number of nitrogens with zero attached hydrogens (tertiary/aromatic N) is 2. The van der Waals surface area contributed by atoms with E-state index in [0.29, 0.717) is 30.0 Å². The van der Waals surface area contributed by atoms with E-state index < -0.39 is 0 Å². The molecule has 168 valence electrons. The molecule has 2 amide bonds. The van der Waals surface area contributed by atoms with E-state index in [1.807, 2.05) is 47.4 Å². The Labute approximate surface area is 191 Å². The van der Waals surface area contributed by atoms with Gasteiger partial charge in [0.05, 0.1) is 12.3 Å². The van der Waals surface area contributed by atoms with Crippen molar-refractivity contribution in [1.29, 1.82) is 0 Å². The second-order valence-corrected chi connectivity index (χ2v) is 7.66. The molecule has 1 saturated heterocycles. The van der Waals surface area contributed by atoms with Gasteiger partial charge in [0.15, 0.2) is 0 Å². The van der Waals surface area contributed by atoms with Gasteiger partial charge in [-0.2, -0.15) is 0 Å². The molecular formula is C24H32ClN3O3. The van der Waals surface area contributed by atoms with Crippen molar-refractivity contribution in [1.82, 2.24) is 9.80 Å². The lowest BCUT2D eigenvalue weighted by Gasteiger charge is -2.32. The van der Waals surface area contributed by atoms with Gasteiger partial charge in [0.25, 0.3) is 5.91 Å². The fourth-order valence-electron chi connectivity index (χ4n) is 3.43. The quantitative estimate of drug-likeness (QED) is 0.591. The van der Waals surface area contributed by atoms with Crippen molar-refractivity contribution in [3.8, 4) is 5.75 Å². The summed E-state index contributed by atoms with van der Waals surface area (Å²) in [6.07, 6.45) is 3.30. The third-order valence-electron chi connectivity index (χ3n) is 5.32. The summed E-state index contributed by atoms with van der Waals surface area (Å²) in [5.41, 5.74) is 1.27. The average molecular weight is 446 g/mol. The SMILES string of the molecule is CN1CCN(C(=O)CCCCCOc2ccccc2NC(=O)c2ccccc2)CC1.Cl. The van der Waals surface area contributed by atoms with Gasteiger partial charge in [-0.3, -0.25) is 9.59 Å². The highest BCUT2D eigenvalue weighted by molar-refractivity contribution is 6.04. The highest BCUT2D eigenvalue weighted by atomic mass is 35.5. The molecule has 0 aliphatic carbocycles. The molecule has 0 radical (unpaired) electrons. The highest BCUT2D eigenvalue weighted by Crippen LogP contribution is 2.24. The zero-order valence-electron chi connectivity index (χ0n) is 18.1. The molecular weight excluding hydrogens is 414 g/mol. The first kappa shape index (κ1) is 24.7. The predicted octanol–water partition coefficient (Wildman–Crippen LogP) is 4.07. The third kappa shape index (κ3) is 7.89. The Bertz CT molecular complexity index is 824. The number of rotatable bonds is 9. The molecule has 0 saturated carbocycles. The van der Waals surface area contributed by atoms with Gasteiger partial charge >= 0.3 is 0 Å². The van der Waals surface area contributed by atoms with Crippen LogP contribution in [0.1, 0.15) is 36.0 Å². The van der Waals surface area contributed by atoms with E-state index in [0.717, 1.165) is 45.4 Å². The Morgan fingerprint density at radius 3 is 2.32 bits per heavy atom. The molecule has 1 N–H and O–H groups in total. The summed E-state index contributed by atoms with van der Waals surface area (Å²) in [5, 5.41) is 2.92. The molecule has 1 aliphatic rings. The number of anilines is 1. The molecule has 31 heavy (non-hydrogen) atoms. The smallest absolute Gasteiger partial charge is 0.255 e. The monoisotopic (exact) mass is 445 g/mol. The standard InChI is InChI=1S/C24H31N3O3.ClH/c1-26-15-17-27(18-16-26)23(28)14-6-3-9-19-30-22-13-8-7-12-21(22)25-24(29)20-10-4-2-5-11-20;/h2,4-5,7-8,10-13H,3,6,9,14-19H2,1H3,(H,25,29);1H. The van der Waals surface area contributed by atoms with E-state index in [1.54, 1.807) is 12.1 Å². The Hall–Kier alpha value is -2.57. The van der Waals surface area contributed by atoms with Crippen LogP contribution in [0.3, 0.4) is 0 Å². The number of piperazine rings is 1. The van der Waals surface area contributed by atoms with Crippen molar-refractivity contribution in [3.63, 3.8) is 0 Å². The average Bonchev–Trinajstić information content (AvgIpc) is 2.78. The lowest BCUT2D eigenvalue weighted by atomic mass is 10.1. The summed E-state index contributed by atoms with van der Waals surface area (Å²) in [7, 11) is 2.09. The molecule has 0 bridgehead atoms. The van der Waals surface area contributed by atoms with Gasteiger partial charge < -0.3 is 19.9 Å². The van der Waals surface area contributed by atoms with Crippen LogP contribution in [0, 0.1) is 0 Å². The van der Waals surface area contributed by atoms with Crippen molar-refractivity contribution in [2.75, 3.05) is 45.2 Å². The van der Waals surface area contributed by atoms with E-state index in [4.69, 9.17) is 4.74 Å². The van der Waals surface area contributed by atoms with Crippen LogP contribution in [0.15, 0.2) is 54.6 Å². The van der Waals surface area contributed by atoms with Gasteiger partial charge in [0, 0.05) is 38.2 Å². The van der Waals surface area contributed by atoms with Crippen LogP contribution in [0.5, 0.6) is 5.75 Å².